The zero-order chi connectivity index (χ0) is 14.0. The molecule has 5 rings (SSSR count). The second-order valence-corrected chi connectivity index (χ2v) is 7.40. The average molecular weight is 277 g/mol. The number of hydrogen-bond acceptors (Lipinski definition) is 1. The largest absolute Gasteiger partial charge is 0.313 e. The molecular formula is C20H23N. The first-order chi connectivity index (χ1) is 10.4. The van der Waals surface area contributed by atoms with Crippen molar-refractivity contribution in [2.75, 3.05) is 7.05 Å². The van der Waals surface area contributed by atoms with Crippen LogP contribution in [0.3, 0.4) is 0 Å². The van der Waals surface area contributed by atoms with Crippen molar-refractivity contribution in [2.45, 2.75) is 25.3 Å². The molecule has 3 fully saturated rings. The van der Waals surface area contributed by atoms with E-state index in [-0.39, 0.29) is 0 Å². The summed E-state index contributed by atoms with van der Waals surface area (Å²) in [6.07, 6.45) is 4.56. The van der Waals surface area contributed by atoms with Gasteiger partial charge in [-0.05, 0) is 72.2 Å². The highest BCUT2D eigenvalue weighted by atomic mass is 14.9. The zero-order valence-corrected chi connectivity index (χ0v) is 12.6. The third kappa shape index (κ3) is 1.61. The zero-order valence-electron chi connectivity index (χ0n) is 12.6. The third-order valence-corrected chi connectivity index (χ3v) is 6.65. The van der Waals surface area contributed by atoms with Crippen molar-refractivity contribution in [2.24, 2.45) is 29.6 Å². The molecule has 0 amide bonds. The van der Waals surface area contributed by atoms with Crippen LogP contribution in [0.25, 0.3) is 10.8 Å². The van der Waals surface area contributed by atoms with Gasteiger partial charge in [0.1, 0.15) is 0 Å². The molecule has 2 bridgehead atoms. The van der Waals surface area contributed by atoms with E-state index in [0.717, 1.165) is 29.6 Å². The van der Waals surface area contributed by atoms with E-state index >= 15 is 0 Å². The van der Waals surface area contributed by atoms with Gasteiger partial charge in [0.15, 0.2) is 0 Å². The van der Waals surface area contributed by atoms with Crippen molar-refractivity contribution in [1.82, 2.24) is 5.32 Å². The van der Waals surface area contributed by atoms with Gasteiger partial charge in [-0.2, -0.15) is 0 Å². The van der Waals surface area contributed by atoms with Crippen LogP contribution in [0.1, 0.15) is 30.9 Å². The van der Waals surface area contributed by atoms with Crippen molar-refractivity contribution in [3.63, 3.8) is 0 Å². The fourth-order valence-electron chi connectivity index (χ4n) is 5.92. The molecule has 0 aromatic heterocycles. The first-order valence-corrected chi connectivity index (χ1v) is 8.53. The van der Waals surface area contributed by atoms with Gasteiger partial charge < -0.3 is 5.32 Å². The second kappa shape index (κ2) is 4.33. The monoisotopic (exact) mass is 277 g/mol. The summed E-state index contributed by atoms with van der Waals surface area (Å²) in [7, 11) is 2.16. The Labute approximate surface area is 126 Å². The van der Waals surface area contributed by atoms with E-state index < -0.39 is 0 Å². The molecule has 0 aliphatic heterocycles. The van der Waals surface area contributed by atoms with E-state index in [1.807, 2.05) is 0 Å². The average Bonchev–Trinajstić information content (AvgIpc) is 2.94. The standard InChI is InChI=1S/C20H23N/c1-21-20(19-17-13-9-10-14(11-13)18(17)19)16-8-4-6-12-5-2-3-7-15(12)16/h2-8,13-14,17-21H,9-11H2,1H3. The first-order valence-electron chi connectivity index (χ1n) is 8.53. The summed E-state index contributed by atoms with van der Waals surface area (Å²) < 4.78 is 0. The Kier molecular flexibility index (Phi) is 2.52. The Hall–Kier alpha value is -1.34. The lowest BCUT2D eigenvalue weighted by atomic mass is 9.90. The maximum Gasteiger partial charge on any atom is 0.0358 e. The van der Waals surface area contributed by atoms with E-state index in [1.165, 1.54) is 35.6 Å². The maximum atomic E-state index is 3.67. The third-order valence-electron chi connectivity index (χ3n) is 6.65. The molecule has 2 aromatic rings. The maximum absolute atomic E-state index is 3.67. The summed E-state index contributed by atoms with van der Waals surface area (Å²) in [6.45, 7) is 0. The molecule has 1 nitrogen and oxygen atoms in total. The van der Waals surface area contributed by atoms with E-state index in [9.17, 15) is 0 Å². The number of rotatable bonds is 3. The van der Waals surface area contributed by atoms with Gasteiger partial charge in [-0.3, -0.25) is 0 Å². The van der Waals surface area contributed by atoms with Crippen molar-refractivity contribution in [3.05, 3.63) is 48.0 Å². The summed E-state index contributed by atoms with van der Waals surface area (Å²) in [5.41, 5.74) is 1.52. The van der Waals surface area contributed by atoms with E-state index in [1.54, 1.807) is 0 Å². The lowest BCUT2D eigenvalue weighted by Crippen LogP contribution is -2.22. The fourth-order valence-corrected chi connectivity index (χ4v) is 5.92. The minimum absolute atomic E-state index is 0.550. The summed E-state index contributed by atoms with van der Waals surface area (Å²) in [5, 5.41) is 6.49. The van der Waals surface area contributed by atoms with Gasteiger partial charge in [0.05, 0.1) is 0 Å². The summed E-state index contributed by atoms with van der Waals surface area (Å²) in [6, 6.07) is 16.2. The van der Waals surface area contributed by atoms with E-state index in [0.29, 0.717) is 6.04 Å². The Balaban J connectivity index is 1.56. The minimum atomic E-state index is 0.550. The Morgan fingerprint density at radius 3 is 2.43 bits per heavy atom. The molecule has 3 saturated carbocycles. The van der Waals surface area contributed by atoms with Gasteiger partial charge >= 0.3 is 0 Å². The van der Waals surface area contributed by atoms with Gasteiger partial charge in [0.2, 0.25) is 0 Å². The van der Waals surface area contributed by atoms with Gasteiger partial charge in [-0.25, -0.2) is 0 Å². The Bertz CT molecular complexity index is 670. The van der Waals surface area contributed by atoms with Gasteiger partial charge in [0, 0.05) is 6.04 Å². The molecule has 0 saturated heterocycles. The molecule has 0 radical (unpaired) electrons. The molecule has 108 valence electrons. The molecule has 5 atom stereocenters. The Morgan fingerprint density at radius 1 is 0.952 bits per heavy atom. The lowest BCUT2D eigenvalue weighted by molar-refractivity contribution is 0.387. The molecular weight excluding hydrogens is 254 g/mol. The van der Waals surface area contributed by atoms with Crippen molar-refractivity contribution in [3.8, 4) is 0 Å². The number of nitrogens with one attached hydrogen (secondary N) is 1. The highest BCUT2D eigenvalue weighted by molar-refractivity contribution is 5.86. The van der Waals surface area contributed by atoms with Crippen LogP contribution >= 0.6 is 0 Å². The van der Waals surface area contributed by atoms with E-state index in [2.05, 4.69) is 54.8 Å². The fraction of sp³-hybridized carbons (Fsp3) is 0.500. The molecule has 5 unspecified atom stereocenters. The second-order valence-electron chi connectivity index (χ2n) is 7.40. The molecule has 0 spiro atoms. The predicted molar refractivity (Wildman–Crippen MR) is 87.0 cm³/mol. The van der Waals surface area contributed by atoms with Crippen molar-refractivity contribution >= 4 is 10.8 Å². The quantitative estimate of drug-likeness (QED) is 0.877. The van der Waals surface area contributed by atoms with Crippen LogP contribution in [-0.2, 0) is 0 Å². The van der Waals surface area contributed by atoms with Gasteiger partial charge in [0.25, 0.3) is 0 Å². The summed E-state index contributed by atoms with van der Waals surface area (Å²) >= 11 is 0. The highest BCUT2D eigenvalue weighted by Crippen LogP contribution is 2.72. The van der Waals surface area contributed by atoms with E-state index in [4.69, 9.17) is 0 Å². The molecule has 0 heterocycles. The molecule has 3 aliphatic rings. The normalized spacial score (nSPS) is 37.7. The SMILES string of the molecule is CNC(c1cccc2ccccc12)C1C2C3CCC(C3)C21. The number of fused-ring (bicyclic) bond motifs is 6. The summed E-state index contributed by atoms with van der Waals surface area (Å²) in [5.74, 6) is 5.05. The molecule has 1 N–H and O–H groups in total. The number of hydrogen-bond donors (Lipinski definition) is 1. The molecule has 1 heteroatoms. The lowest BCUT2D eigenvalue weighted by Gasteiger charge is -2.22. The van der Waals surface area contributed by atoms with Crippen LogP contribution in [0, 0.1) is 29.6 Å². The van der Waals surface area contributed by atoms with Crippen LogP contribution in [0.5, 0.6) is 0 Å². The minimum Gasteiger partial charge on any atom is -0.313 e. The molecule has 3 aliphatic carbocycles. The van der Waals surface area contributed by atoms with Crippen LogP contribution in [-0.4, -0.2) is 7.05 Å². The van der Waals surface area contributed by atoms with Crippen molar-refractivity contribution < 1.29 is 0 Å². The summed E-state index contributed by atoms with van der Waals surface area (Å²) in [4.78, 5) is 0. The Morgan fingerprint density at radius 2 is 1.67 bits per heavy atom. The molecule has 21 heavy (non-hydrogen) atoms. The first kappa shape index (κ1) is 12.2. The van der Waals surface area contributed by atoms with Crippen LogP contribution < -0.4 is 5.32 Å². The van der Waals surface area contributed by atoms with Crippen LogP contribution in [0.2, 0.25) is 0 Å². The topological polar surface area (TPSA) is 12.0 Å². The van der Waals surface area contributed by atoms with Crippen LogP contribution in [0.4, 0.5) is 0 Å². The molecule has 2 aromatic carbocycles. The highest BCUT2D eigenvalue weighted by Gasteiger charge is 2.66. The number of benzene rings is 2. The van der Waals surface area contributed by atoms with Crippen LogP contribution in [0.15, 0.2) is 42.5 Å². The predicted octanol–water partition coefficient (Wildman–Crippen LogP) is 4.39. The smallest absolute Gasteiger partial charge is 0.0358 e. The van der Waals surface area contributed by atoms with Crippen molar-refractivity contribution in [1.29, 1.82) is 0 Å². The van der Waals surface area contributed by atoms with Gasteiger partial charge in [-0.1, -0.05) is 42.5 Å². The van der Waals surface area contributed by atoms with Gasteiger partial charge in [-0.15, -0.1) is 0 Å².